The van der Waals surface area contributed by atoms with E-state index in [1.807, 2.05) is 28.0 Å². The molecule has 0 radical (unpaired) electrons. The summed E-state index contributed by atoms with van der Waals surface area (Å²) in [5, 5.41) is 4.05. The molecule has 286 valence electrons. The summed E-state index contributed by atoms with van der Waals surface area (Å²) in [5.41, 5.74) is 6.65. The number of sulfonamides is 1. The third-order valence-electron chi connectivity index (χ3n) is 9.18. The standard InChI is InChI=1S/C33H41N4O12P3S/c1-32(2,3)48-52(42,49-33(4,5)6)47-21-17-37(18-21)53(43,44)29-12-28(36-15-20(16-36)46-51(40)41)24-9-8-23-27(35-13-19(14-35)45-50(38)39)11-26(34)22-7-10-25(29)31(24)30(22)23/h7-12,19-21H,13-18,34H2,1-6H3. The van der Waals surface area contributed by atoms with Gasteiger partial charge in [-0.1, -0.05) is 24.3 Å². The Labute approximate surface area is 308 Å². The van der Waals surface area contributed by atoms with E-state index < -0.39 is 63.9 Å². The molecule has 7 rings (SSSR count). The van der Waals surface area contributed by atoms with Crippen LogP contribution >= 0.6 is 24.3 Å². The molecule has 3 aliphatic rings. The summed E-state index contributed by atoms with van der Waals surface area (Å²) in [4.78, 5) is 26.3. The van der Waals surface area contributed by atoms with Gasteiger partial charge in [0.2, 0.25) is 10.0 Å². The molecule has 3 saturated heterocycles. The Morgan fingerprint density at radius 3 is 1.62 bits per heavy atom. The summed E-state index contributed by atoms with van der Waals surface area (Å²) >= 11 is 0. The van der Waals surface area contributed by atoms with Crippen molar-refractivity contribution < 1.29 is 54.5 Å². The fraction of sp³-hybridized carbons (Fsp3) is 0.515. The lowest BCUT2D eigenvalue weighted by Gasteiger charge is -2.41. The number of nitrogen functional groups attached to an aromatic ring is 1. The van der Waals surface area contributed by atoms with E-state index in [0.717, 1.165) is 21.8 Å². The van der Waals surface area contributed by atoms with E-state index in [1.54, 1.807) is 59.7 Å². The second-order valence-corrected chi connectivity index (χ2v) is 20.3. The van der Waals surface area contributed by atoms with Crippen LogP contribution in [0.3, 0.4) is 0 Å². The highest BCUT2D eigenvalue weighted by molar-refractivity contribution is 7.89. The molecular formula is C33H41N4O12P3S. The molecule has 0 aliphatic carbocycles. The van der Waals surface area contributed by atoms with Crippen LogP contribution in [0.4, 0.5) is 17.1 Å². The monoisotopic (exact) mass is 810 g/mol. The van der Waals surface area contributed by atoms with Crippen LogP contribution in [0, 0.1) is 0 Å². The lowest BCUT2D eigenvalue weighted by atomic mass is 9.90. The van der Waals surface area contributed by atoms with Crippen molar-refractivity contribution in [3.05, 3.63) is 36.4 Å². The lowest BCUT2D eigenvalue weighted by molar-refractivity contribution is -0.191. The van der Waals surface area contributed by atoms with Gasteiger partial charge in [0.05, 0.1) is 48.4 Å². The molecular weight excluding hydrogens is 769 g/mol. The lowest BCUT2D eigenvalue weighted by Crippen LogP contribution is -2.54. The number of benzene rings is 4. The molecule has 53 heavy (non-hydrogen) atoms. The number of phosphoric acid groups is 1. The number of nitrogens with zero attached hydrogens (tertiary/aromatic N) is 3. The predicted octanol–water partition coefficient (Wildman–Crippen LogP) is 4.74. The molecule has 20 heteroatoms. The Morgan fingerprint density at radius 1 is 0.717 bits per heavy atom. The summed E-state index contributed by atoms with van der Waals surface area (Å²) < 4.78 is 93.9. The van der Waals surface area contributed by atoms with Gasteiger partial charge in [-0.05, 0) is 62.8 Å². The Kier molecular flexibility index (Phi) is 9.88. The summed E-state index contributed by atoms with van der Waals surface area (Å²) in [6.07, 6.45) is -1.85. The van der Waals surface area contributed by atoms with E-state index >= 15 is 0 Å². The molecule has 3 aliphatic heterocycles. The molecule has 4 aromatic carbocycles. The van der Waals surface area contributed by atoms with Crippen molar-refractivity contribution in [2.24, 2.45) is 0 Å². The minimum Gasteiger partial charge on any atom is -0.566 e. The smallest absolute Gasteiger partial charge is 0.488 e. The van der Waals surface area contributed by atoms with Gasteiger partial charge in [-0.2, -0.15) is 4.31 Å². The zero-order valence-electron chi connectivity index (χ0n) is 30.0. The van der Waals surface area contributed by atoms with Gasteiger partial charge in [0, 0.05) is 62.5 Å². The average Bonchev–Trinajstić information content (AvgIpc) is 2.95. The van der Waals surface area contributed by atoms with Gasteiger partial charge in [0.25, 0.3) is 0 Å². The van der Waals surface area contributed by atoms with Crippen LogP contribution in [0.2, 0.25) is 0 Å². The second-order valence-electron chi connectivity index (χ2n) is 15.6. The van der Waals surface area contributed by atoms with Crippen molar-refractivity contribution in [3.63, 3.8) is 0 Å². The van der Waals surface area contributed by atoms with Gasteiger partial charge < -0.3 is 25.3 Å². The zero-order chi connectivity index (χ0) is 38.4. The van der Waals surface area contributed by atoms with Crippen LogP contribution in [-0.2, 0) is 46.3 Å². The summed E-state index contributed by atoms with van der Waals surface area (Å²) in [7, 11) is -14.4. The number of anilines is 3. The Bertz CT molecular complexity index is 2260. The molecule has 0 spiro atoms. The number of hydrogen-bond acceptors (Lipinski definition) is 15. The molecule has 0 bridgehead atoms. The molecule has 2 N–H and O–H groups in total. The number of nitrogens with two attached hydrogens (primary N) is 1. The van der Waals surface area contributed by atoms with Gasteiger partial charge >= 0.3 is 24.3 Å². The first-order valence-electron chi connectivity index (χ1n) is 17.0. The van der Waals surface area contributed by atoms with Gasteiger partial charge in [0.15, 0.2) is 0 Å². The molecule has 0 aromatic heterocycles. The Morgan fingerprint density at radius 2 is 1.15 bits per heavy atom. The second kappa shape index (κ2) is 13.5. The van der Waals surface area contributed by atoms with Crippen molar-refractivity contribution in [2.75, 3.05) is 54.8 Å². The molecule has 16 nitrogen and oxygen atoms in total. The van der Waals surface area contributed by atoms with Gasteiger partial charge in [-0.25, -0.2) is 13.0 Å². The zero-order valence-corrected chi connectivity index (χ0v) is 33.5. The predicted molar refractivity (Wildman–Crippen MR) is 197 cm³/mol. The Hall–Kier alpha value is -2.62. The maximum atomic E-state index is 14.6. The largest absolute Gasteiger partial charge is 0.566 e. The Balaban J connectivity index is 1.29. The van der Waals surface area contributed by atoms with E-state index in [0.29, 0.717) is 40.6 Å². The highest BCUT2D eigenvalue weighted by Gasteiger charge is 2.46. The number of phosphoric ester groups is 1. The van der Waals surface area contributed by atoms with E-state index in [9.17, 15) is 31.9 Å². The van der Waals surface area contributed by atoms with E-state index in [4.69, 9.17) is 28.4 Å². The van der Waals surface area contributed by atoms with Crippen molar-refractivity contribution in [1.82, 2.24) is 4.31 Å². The topological polar surface area (TPSA) is 213 Å². The van der Waals surface area contributed by atoms with Gasteiger partial charge in [-0.15, -0.1) is 9.05 Å². The van der Waals surface area contributed by atoms with E-state index in [2.05, 4.69) is 0 Å². The quantitative estimate of drug-likeness (QED) is 0.116. The van der Waals surface area contributed by atoms with Crippen molar-refractivity contribution in [3.8, 4) is 0 Å². The third-order valence-corrected chi connectivity index (χ3v) is 14.1. The van der Waals surface area contributed by atoms with Gasteiger partial charge in [0.1, 0.15) is 12.2 Å². The normalized spacial score (nSPS) is 19.2. The number of hydrogen-bond donors (Lipinski definition) is 1. The fourth-order valence-corrected chi connectivity index (χ4v) is 11.5. The minimum absolute atomic E-state index is 0.0211. The van der Waals surface area contributed by atoms with E-state index in [1.165, 1.54) is 4.31 Å². The van der Waals surface area contributed by atoms with Crippen molar-refractivity contribution in [2.45, 2.75) is 76.0 Å². The van der Waals surface area contributed by atoms with Crippen LogP contribution < -0.4 is 25.3 Å². The van der Waals surface area contributed by atoms with Crippen molar-refractivity contribution >= 4 is 83.7 Å². The first-order chi connectivity index (χ1) is 24.6. The molecule has 2 atom stereocenters. The summed E-state index contributed by atoms with van der Waals surface area (Å²) in [5.74, 6) is 0. The molecule has 3 fully saturated rings. The average molecular weight is 811 g/mol. The minimum atomic E-state index is -4.20. The molecule has 2 unspecified atom stereocenters. The maximum absolute atomic E-state index is 14.6. The molecule has 0 saturated carbocycles. The van der Waals surface area contributed by atoms with E-state index in [-0.39, 0.29) is 31.1 Å². The molecule has 4 aromatic rings. The van der Waals surface area contributed by atoms with Crippen LogP contribution in [-0.4, -0.2) is 81.5 Å². The molecule has 0 amide bonds. The SMILES string of the molecule is CC(C)(C)OP(=O)(OC1CN(S(=O)(=O)c2cc(N3CC(O[P+](=O)[O-])C3)c3ccc4c(N5CC(O[P+](=O)[O-])C5)cc(N)c5ccc2c3c54)C1)OC(C)(C)C. The van der Waals surface area contributed by atoms with Gasteiger partial charge in [-0.3, -0.25) is 13.6 Å². The third kappa shape index (κ3) is 7.65. The molecule has 3 heterocycles. The fourth-order valence-electron chi connectivity index (χ4n) is 7.05. The summed E-state index contributed by atoms with van der Waals surface area (Å²) in [6, 6.07) is 10.8. The van der Waals surface area contributed by atoms with Crippen LogP contribution in [0.5, 0.6) is 0 Å². The van der Waals surface area contributed by atoms with Crippen LogP contribution in [0.25, 0.3) is 32.3 Å². The summed E-state index contributed by atoms with van der Waals surface area (Å²) in [6.45, 7) is 11.2. The van der Waals surface area contributed by atoms with Crippen LogP contribution in [0.1, 0.15) is 41.5 Å². The van der Waals surface area contributed by atoms with Crippen LogP contribution in [0.15, 0.2) is 41.3 Å². The van der Waals surface area contributed by atoms with Crippen molar-refractivity contribution in [1.29, 1.82) is 0 Å². The maximum Gasteiger partial charge on any atom is 0.488 e. The number of rotatable bonds is 12. The highest BCUT2D eigenvalue weighted by atomic mass is 32.2. The first kappa shape index (κ1) is 38.6. The first-order valence-corrected chi connectivity index (χ1v) is 22.1. The highest BCUT2D eigenvalue weighted by Crippen LogP contribution is 2.57.